The van der Waals surface area contributed by atoms with Crippen LogP contribution in [0.3, 0.4) is 0 Å². The van der Waals surface area contributed by atoms with Crippen molar-refractivity contribution in [3.63, 3.8) is 0 Å². The lowest BCUT2D eigenvalue weighted by Gasteiger charge is -2.40. The molecule has 2 aliphatic rings. The summed E-state index contributed by atoms with van der Waals surface area (Å²) >= 11 is 0. The number of hydrogen-bond acceptors (Lipinski definition) is 4. The van der Waals surface area contributed by atoms with Gasteiger partial charge in [-0.3, -0.25) is 0 Å². The van der Waals surface area contributed by atoms with E-state index in [-0.39, 0.29) is 17.2 Å². The fourth-order valence-corrected chi connectivity index (χ4v) is 5.35. The van der Waals surface area contributed by atoms with Crippen LogP contribution in [0.15, 0.2) is 18.2 Å². The van der Waals surface area contributed by atoms with Crippen LogP contribution < -0.4 is 0 Å². The highest BCUT2D eigenvalue weighted by molar-refractivity contribution is 7.89. The molecule has 3 rings (SSSR count). The smallest absolute Gasteiger partial charge is 0.214 e. The van der Waals surface area contributed by atoms with Gasteiger partial charge in [0.25, 0.3) is 0 Å². The zero-order chi connectivity index (χ0) is 17.4. The van der Waals surface area contributed by atoms with Crippen molar-refractivity contribution < 1.29 is 13.2 Å². The maximum atomic E-state index is 12.3. The Morgan fingerprint density at radius 3 is 2.71 bits per heavy atom. The predicted molar refractivity (Wildman–Crippen MR) is 91.9 cm³/mol. The number of rotatable bonds is 4. The van der Waals surface area contributed by atoms with Crippen molar-refractivity contribution in [3.05, 3.63) is 34.9 Å². The molecule has 0 aliphatic carbocycles. The van der Waals surface area contributed by atoms with Crippen molar-refractivity contribution >= 4 is 10.0 Å². The lowest BCUT2D eigenvalue weighted by molar-refractivity contribution is -0.0577. The number of benzene rings is 1. The number of nitriles is 1. The molecule has 6 heteroatoms. The van der Waals surface area contributed by atoms with Crippen molar-refractivity contribution in [1.82, 2.24) is 4.31 Å². The molecule has 2 fully saturated rings. The fourth-order valence-electron chi connectivity index (χ4n) is 3.59. The van der Waals surface area contributed by atoms with Crippen molar-refractivity contribution in [1.29, 1.82) is 5.26 Å². The molecular weight excluding hydrogens is 324 g/mol. The largest absolute Gasteiger partial charge is 0.379 e. The van der Waals surface area contributed by atoms with Crippen LogP contribution in [0.1, 0.15) is 42.9 Å². The zero-order valence-corrected chi connectivity index (χ0v) is 15.1. The summed E-state index contributed by atoms with van der Waals surface area (Å²) in [6.07, 6.45) is 2.11. The van der Waals surface area contributed by atoms with Gasteiger partial charge in [0.05, 0.1) is 30.5 Å². The highest BCUT2D eigenvalue weighted by atomic mass is 32.2. The first-order valence-electron chi connectivity index (χ1n) is 8.42. The monoisotopic (exact) mass is 348 g/mol. The van der Waals surface area contributed by atoms with E-state index >= 15 is 0 Å². The summed E-state index contributed by atoms with van der Waals surface area (Å²) in [7, 11) is -3.16. The molecule has 5 nitrogen and oxygen atoms in total. The third-order valence-corrected chi connectivity index (χ3v) is 7.34. The van der Waals surface area contributed by atoms with Crippen LogP contribution in [0.2, 0.25) is 0 Å². The average Bonchev–Trinajstić information content (AvgIpc) is 2.48. The second-order valence-electron chi connectivity index (χ2n) is 7.10. The van der Waals surface area contributed by atoms with E-state index in [1.165, 1.54) is 0 Å². The third-order valence-electron chi connectivity index (χ3n) is 5.33. The van der Waals surface area contributed by atoms with Gasteiger partial charge in [-0.2, -0.15) is 9.57 Å². The van der Waals surface area contributed by atoms with Crippen molar-refractivity contribution in [3.8, 4) is 6.07 Å². The summed E-state index contributed by atoms with van der Waals surface area (Å²) in [6, 6.07) is 8.44. The van der Waals surface area contributed by atoms with Gasteiger partial charge in [0.2, 0.25) is 10.0 Å². The molecule has 0 saturated carbocycles. The minimum Gasteiger partial charge on any atom is -0.379 e. The van der Waals surface area contributed by atoms with Gasteiger partial charge in [-0.1, -0.05) is 18.2 Å². The van der Waals surface area contributed by atoms with E-state index in [4.69, 9.17) is 10.00 Å². The first-order chi connectivity index (χ1) is 11.4. The minimum absolute atomic E-state index is 0.0489. The van der Waals surface area contributed by atoms with Crippen LogP contribution >= 0.6 is 0 Å². The summed E-state index contributed by atoms with van der Waals surface area (Å²) in [5, 5.41) is 9.08. The lowest BCUT2D eigenvalue weighted by Crippen LogP contribution is -2.46. The van der Waals surface area contributed by atoms with E-state index in [0.717, 1.165) is 29.5 Å². The van der Waals surface area contributed by atoms with Crippen molar-refractivity contribution in [2.45, 2.75) is 51.1 Å². The van der Waals surface area contributed by atoms with Gasteiger partial charge in [-0.05, 0) is 43.4 Å². The van der Waals surface area contributed by atoms with Gasteiger partial charge in [0.15, 0.2) is 0 Å². The maximum Gasteiger partial charge on any atom is 0.214 e. The van der Waals surface area contributed by atoms with E-state index in [1.54, 1.807) is 4.31 Å². The predicted octanol–water partition coefficient (Wildman–Crippen LogP) is 2.49. The van der Waals surface area contributed by atoms with Crippen LogP contribution in [0, 0.1) is 18.3 Å². The first-order valence-corrected chi connectivity index (χ1v) is 10.0. The van der Waals surface area contributed by atoms with Gasteiger partial charge in [-0.15, -0.1) is 0 Å². The second-order valence-corrected chi connectivity index (χ2v) is 9.14. The molecule has 1 atom stereocenters. The summed E-state index contributed by atoms with van der Waals surface area (Å²) in [6.45, 7) is 5.58. The summed E-state index contributed by atoms with van der Waals surface area (Å²) in [4.78, 5) is 0. The highest BCUT2D eigenvalue weighted by Crippen LogP contribution is 2.36. The highest BCUT2D eigenvalue weighted by Gasteiger charge is 2.40. The van der Waals surface area contributed by atoms with E-state index in [0.29, 0.717) is 26.2 Å². The molecule has 2 heterocycles. The van der Waals surface area contributed by atoms with Crippen molar-refractivity contribution in [2.24, 2.45) is 0 Å². The Hall–Kier alpha value is -1.42. The Bertz CT molecular complexity index is 763. The Labute approximate surface area is 144 Å². The molecule has 0 bridgehead atoms. The normalized spacial score (nSPS) is 25.6. The van der Waals surface area contributed by atoms with Crippen LogP contribution in [-0.2, 0) is 26.7 Å². The van der Waals surface area contributed by atoms with E-state index in [2.05, 4.69) is 12.1 Å². The molecule has 2 aliphatic heterocycles. The van der Waals surface area contributed by atoms with E-state index in [1.807, 2.05) is 26.0 Å². The van der Waals surface area contributed by atoms with Gasteiger partial charge in [-0.25, -0.2) is 8.42 Å². The summed E-state index contributed by atoms with van der Waals surface area (Å²) < 4.78 is 31.7. The molecular formula is C18H24N2O3S. The number of nitrogens with zero attached hydrogens (tertiary/aromatic N) is 2. The minimum atomic E-state index is -3.16. The fraction of sp³-hybridized carbons (Fsp3) is 0.611. The molecule has 130 valence electrons. The standard InChI is InChI=1S/C18H24N2O3S/c1-14-10-17(18(7-8-19)12-23-13-18)6-5-16(14)11-20-15(2)4-3-9-24(20,21)22/h5-6,10,15H,3-4,7,9,11-13H2,1-2H3/t15-/m0/s1. The third kappa shape index (κ3) is 3.08. The summed E-state index contributed by atoms with van der Waals surface area (Å²) in [5.74, 6) is 0.247. The van der Waals surface area contributed by atoms with Gasteiger partial charge < -0.3 is 4.74 Å². The SMILES string of the molecule is Cc1cc(C2(CC#N)COC2)ccc1CN1[C@@H](C)CCCS1(=O)=O. The average molecular weight is 348 g/mol. The molecule has 1 aromatic carbocycles. The number of aryl methyl sites for hydroxylation is 1. The number of hydrogen-bond donors (Lipinski definition) is 0. The second kappa shape index (κ2) is 6.47. The molecule has 0 amide bonds. The number of sulfonamides is 1. The summed E-state index contributed by atoms with van der Waals surface area (Å²) in [5.41, 5.74) is 3.03. The Morgan fingerprint density at radius 1 is 1.42 bits per heavy atom. The van der Waals surface area contributed by atoms with Gasteiger partial charge in [0.1, 0.15) is 0 Å². The van der Waals surface area contributed by atoms with E-state index < -0.39 is 10.0 Å². The zero-order valence-electron chi connectivity index (χ0n) is 14.3. The lowest BCUT2D eigenvalue weighted by atomic mass is 9.75. The molecule has 0 aromatic heterocycles. The number of ether oxygens (including phenoxy) is 1. The Morgan fingerprint density at radius 2 is 2.17 bits per heavy atom. The maximum absolute atomic E-state index is 12.3. The Balaban J connectivity index is 1.84. The van der Waals surface area contributed by atoms with Crippen LogP contribution in [0.25, 0.3) is 0 Å². The van der Waals surface area contributed by atoms with Crippen LogP contribution in [0.4, 0.5) is 0 Å². The Kier molecular flexibility index (Phi) is 4.69. The van der Waals surface area contributed by atoms with Crippen LogP contribution in [0.5, 0.6) is 0 Å². The quantitative estimate of drug-likeness (QED) is 0.838. The molecule has 0 N–H and O–H groups in total. The van der Waals surface area contributed by atoms with Gasteiger partial charge in [0, 0.05) is 19.0 Å². The molecule has 1 aromatic rings. The van der Waals surface area contributed by atoms with Crippen molar-refractivity contribution in [2.75, 3.05) is 19.0 Å². The molecule has 24 heavy (non-hydrogen) atoms. The van der Waals surface area contributed by atoms with E-state index in [9.17, 15) is 8.42 Å². The molecule has 0 radical (unpaired) electrons. The van der Waals surface area contributed by atoms with Gasteiger partial charge >= 0.3 is 0 Å². The molecule has 2 saturated heterocycles. The first kappa shape index (κ1) is 17.4. The topological polar surface area (TPSA) is 70.4 Å². The van der Waals surface area contributed by atoms with Crippen LogP contribution in [-0.4, -0.2) is 37.7 Å². The molecule has 0 spiro atoms. The molecule has 0 unspecified atom stereocenters.